The molecule has 0 unspecified atom stereocenters. The van der Waals surface area contributed by atoms with E-state index in [0.29, 0.717) is 11.4 Å². The van der Waals surface area contributed by atoms with Crippen molar-refractivity contribution < 1.29 is 13.5 Å². The van der Waals surface area contributed by atoms with Crippen LogP contribution >= 0.6 is 11.6 Å². The van der Waals surface area contributed by atoms with Gasteiger partial charge in [-0.3, -0.25) is 0 Å². The standard InChI is InChI=1S/C13H10ClF2NO/c1-8-5-9(6-14)7-17-13(8)18-11-4-2-3-10(15)12(11)16/h2-5,7H,6H2,1H3. The van der Waals surface area contributed by atoms with Gasteiger partial charge in [0, 0.05) is 17.6 Å². The fourth-order valence-electron chi connectivity index (χ4n) is 1.47. The van der Waals surface area contributed by atoms with Crippen molar-refractivity contribution in [2.24, 2.45) is 0 Å². The van der Waals surface area contributed by atoms with Gasteiger partial charge < -0.3 is 4.74 Å². The van der Waals surface area contributed by atoms with Crippen LogP contribution in [0.4, 0.5) is 8.78 Å². The number of hydrogen-bond acceptors (Lipinski definition) is 2. The Kier molecular flexibility index (Phi) is 3.77. The molecule has 0 atom stereocenters. The second-order valence-corrected chi connectivity index (χ2v) is 4.02. The van der Waals surface area contributed by atoms with Crippen molar-refractivity contribution in [3.05, 3.63) is 53.2 Å². The van der Waals surface area contributed by atoms with E-state index in [1.165, 1.54) is 18.3 Å². The molecule has 0 aliphatic heterocycles. The van der Waals surface area contributed by atoms with Gasteiger partial charge in [-0.25, -0.2) is 9.37 Å². The zero-order chi connectivity index (χ0) is 13.1. The quantitative estimate of drug-likeness (QED) is 0.779. The van der Waals surface area contributed by atoms with Gasteiger partial charge >= 0.3 is 0 Å². The van der Waals surface area contributed by atoms with Crippen LogP contribution in [0.2, 0.25) is 0 Å². The van der Waals surface area contributed by atoms with Gasteiger partial charge in [0.05, 0.1) is 0 Å². The Morgan fingerprint density at radius 1 is 1.33 bits per heavy atom. The molecule has 0 N–H and O–H groups in total. The molecule has 2 aromatic rings. The number of benzene rings is 1. The minimum atomic E-state index is -1.03. The van der Waals surface area contributed by atoms with E-state index in [2.05, 4.69) is 4.98 Å². The first kappa shape index (κ1) is 12.8. The molecule has 0 amide bonds. The lowest BCUT2D eigenvalue weighted by molar-refractivity contribution is 0.403. The van der Waals surface area contributed by atoms with Gasteiger partial charge in [-0.15, -0.1) is 11.6 Å². The minimum Gasteiger partial charge on any atom is -0.436 e. The summed E-state index contributed by atoms with van der Waals surface area (Å²) in [5.74, 6) is -1.61. The summed E-state index contributed by atoms with van der Waals surface area (Å²) in [6, 6.07) is 5.52. The Morgan fingerprint density at radius 2 is 2.11 bits per heavy atom. The van der Waals surface area contributed by atoms with Crippen molar-refractivity contribution in [3.8, 4) is 11.6 Å². The number of aromatic nitrogens is 1. The summed E-state index contributed by atoms with van der Waals surface area (Å²) in [5.41, 5.74) is 1.54. The second-order valence-electron chi connectivity index (χ2n) is 3.75. The maximum Gasteiger partial charge on any atom is 0.222 e. The summed E-state index contributed by atoms with van der Waals surface area (Å²) >= 11 is 5.67. The van der Waals surface area contributed by atoms with E-state index >= 15 is 0 Å². The highest BCUT2D eigenvalue weighted by Crippen LogP contribution is 2.27. The van der Waals surface area contributed by atoms with Gasteiger partial charge in [-0.2, -0.15) is 4.39 Å². The number of hydrogen-bond donors (Lipinski definition) is 0. The first-order chi connectivity index (χ1) is 8.61. The zero-order valence-corrected chi connectivity index (χ0v) is 10.3. The van der Waals surface area contributed by atoms with E-state index in [-0.39, 0.29) is 11.6 Å². The highest BCUT2D eigenvalue weighted by Gasteiger charge is 2.11. The van der Waals surface area contributed by atoms with Crippen LogP contribution in [0.1, 0.15) is 11.1 Å². The van der Waals surface area contributed by atoms with Gasteiger partial charge in [0.1, 0.15) is 0 Å². The lowest BCUT2D eigenvalue weighted by Gasteiger charge is -2.09. The molecule has 0 fully saturated rings. The van der Waals surface area contributed by atoms with Gasteiger partial charge in [0.25, 0.3) is 0 Å². The van der Waals surface area contributed by atoms with Crippen LogP contribution in [0.15, 0.2) is 30.5 Å². The van der Waals surface area contributed by atoms with E-state index in [9.17, 15) is 8.78 Å². The van der Waals surface area contributed by atoms with Crippen molar-refractivity contribution in [1.82, 2.24) is 4.98 Å². The first-order valence-corrected chi connectivity index (χ1v) is 5.78. The number of nitrogens with zero attached hydrogens (tertiary/aromatic N) is 1. The molecule has 1 aromatic carbocycles. The van der Waals surface area contributed by atoms with Crippen LogP contribution < -0.4 is 4.74 Å². The summed E-state index contributed by atoms with van der Waals surface area (Å²) in [5, 5.41) is 0. The fraction of sp³-hybridized carbons (Fsp3) is 0.154. The summed E-state index contributed by atoms with van der Waals surface area (Å²) in [4.78, 5) is 4.02. The van der Waals surface area contributed by atoms with Crippen molar-refractivity contribution in [1.29, 1.82) is 0 Å². The maximum absolute atomic E-state index is 13.4. The van der Waals surface area contributed by atoms with Crippen LogP contribution in [0.25, 0.3) is 0 Å². The zero-order valence-electron chi connectivity index (χ0n) is 9.58. The molecule has 0 bridgehead atoms. The molecule has 18 heavy (non-hydrogen) atoms. The summed E-state index contributed by atoms with van der Waals surface area (Å²) < 4.78 is 31.7. The average Bonchev–Trinajstić information content (AvgIpc) is 2.37. The predicted molar refractivity (Wildman–Crippen MR) is 65.0 cm³/mol. The lowest BCUT2D eigenvalue weighted by Crippen LogP contribution is -1.96. The largest absolute Gasteiger partial charge is 0.436 e. The third-order valence-corrected chi connectivity index (χ3v) is 2.67. The van der Waals surface area contributed by atoms with E-state index in [1.807, 2.05) is 0 Å². The van der Waals surface area contributed by atoms with Crippen LogP contribution in [-0.4, -0.2) is 4.98 Å². The Bertz CT molecular complexity index is 575. The second kappa shape index (κ2) is 5.31. The molecule has 0 saturated carbocycles. The third-order valence-electron chi connectivity index (χ3n) is 2.36. The maximum atomic E-state index is 13.4. The molecular weight excluding hydrogens is 260 g/mol. The Labute approximate surface area is 108 Å². The van der Waals surface area contributed by atoms with Crippen molar-refractivity contribution in [2.75, 3.05) is 0 Å². The number of aryl methyl sites for hydroxylation is 1. The van der Waals surface area contributed by atoms with E-state index in [4.69, 9.17) is 16.3 Å². The molecule has 0 spiro atoms. The smallest absolute Gasteiger partial charge is 0.222 e. The molecule has 0 saturated heterocycles. The molecule has 0 aliphatic carbocycles. The summed E-state index contributed by atoms with van der Waals surface area (Å²) in [6.45, 7) is 1.76. The number of halogens is 3. The highest BCUT2D eigenvalue weighted by molar-refractivity contribution is 6.17. The molecule has 2 nitrogen and oxygen atoms in total. The number of rotatable bonds is 3. The van der Waals surface area contributed by atoms with Crippen molar-refractivity contribution in [3.63, 3.8) is 0 Å². The van der Waals surface area contributed by atoms with Gasteiger partial charge in [-0.05, 0) is 30.7 Å². The number of alkyl halides is 1. The topological polar surface area (TPSA) is 22.1 Å². The van der Waals surface area contributed by atoms with Crippen molar-refractivity contribution >= 4 is 11.6 Å². The van der Waals surface area contributed by atoms with E-state index < -0.39 is 11.6 Å². The SMILES string of the molecule is Cc1cc(CCl)cnc1Oc1cccc(F)c1F. The van der Waals surface area contributed by atoms with Crippen molar-refractivity contribution in [2.45, 2.75) is 12.8 Å². The molecule has 94 valence electrons. The summed E-state index contributed by atoms with van der Waals surface area (Å²) in [7, 11) is 0. The molecular formula is C13H10ClF2NO. The predicted octanol–water partition coefficient (Wildman–Crippen LogP) is 4.20. The Hall–Kier alpha value is -1.68. The van der Waals surface area contributed by atoms with Crippen LogP contribution in [-0.2, 0) is 5.88 Å². The molecule has 2 rings (SSSR count). The van der Waals surface area contributed by atoms with Gasteiger partial charge in [-0.1, -0.05) is 6.07 Å². The fourth-order valence-corrected chi connectivity index (χ4v) is 1.61. The lowest BCUT2D eigenvalue weighted by atomic mass is 10.2. The van der Waals surface area contributed by atoms with Gasteiger partial charge in [0.15, 0.2) is 11.6 Å². The highest BCUT2D eigenvalue weighted by atomic mass is 35.5. The Balaban J connectivity index is 2.31. The average molecular weight is 270 g/mol. The van der Waals surface area contributed by atoms with Crippen LogP contribution in [0, 0.1) is 18.6 Å². The molecule has 1 aromatic heterocycles. The van der Waals surface area contributed by atoms with Gasteiger partial charge in [0.2, 0.25) is 11.7 Å². The number of ether oxygens (including phenoxy) is 1. The van der Waals surface area contributed by atoms with E-state index in [0.717, 1.165) is 11.6 Å². The van der Waals surface area contributed by atoms with Crippen LogP contribution in [0.5, 0.6) is 11.6 Å². The normalized spacial score (nSPS) is 10.4. The Morgan fingerprint density at radius 3 is 2.78 bits per heavy atom. The molecule has 1 heterocycles. The first-order valence-electron chi connectivity index (χ1n) is 5.25. The van der Waals surface area contributed by atoms with E-state index in [1.54, 1.807) is 13.0 Å². The summed E-state index contributed by atoms with van der Waals surface area (Å²) in [6.07, 6.45) is 1.53. The third kappa shape index (κ3) is 2.59. The minimum absolute atomic E-state index is 0.191. The monoisotopic (exact) mass is 269 g/mol. The molecule has 5 heteroatoms. The molecule has 0 radical (unpaired) electrons. The molecule has 0 aliphatic rings. The van der Waals surface area contributed by atoms with Crippen LogP contribution in [0.3, 0.4) is 0 Å². The number of pyridine rings is 1.